The molecule has 0 atom stereocenters. The topological polar surface area (TPSA) is 94.8 Å². The number of aromatic nitrogens is 2. The second-order valence-electron chi connectivity index (χ2n) is 5.93. The smallest absolute Gasteiger partial charge is 0.248 e. The van der Waals surface area contributed by atoms with Gasteiger partial charge in [-0.1, -0.05) is 12.1 Å². The molecule has 8 heteroatoms. The van der Waals surface area contributed by atoms with Gasteiger partial charge in [-0.05, 0) is 25.1 Å². The summed E-state index contributed by atoms with van der Waals surface area (Å²) < 4.78 is 16.5. The van der Waals surface area contributed by atoms with Crippen molar-refractivity contribution in [3.8, 4) is 17.4 Å². The molecular weight excluding hydrogens is 334 g/mol. The summed E-state index contributed by atoms with van der Waals surface area (Å²) in [5.41, 5.74) is 6.55. The molecule has 0 bridgehead atoms. The fourth-order valence-corrected chi connectivity index (χ4v) is 2.74. The van der Waals surface area contributed by atoms with E-state index in [0.717, 1.165) is 45.8 Å². The van der Waals surface area contributed by atoms with Crippen molar-refractivity contribution in [2.24, 2.45) is 0 Å². The maximum absolute atomic E-state index is 6.17. The van der Waals surface area contributed by atoms with Crippen molar-refractivity contribution in [2.45, 2.75) is 6.42 Å². The molecule has 3 N–H and O–H groups in total. The van der Waals surface area contributed by atoms with Gasteiger partial charge < -0.3 is 25.3 Å². The van der Waals surface area contributed by atoms with E-state index in [4.69, 9.17) is 19.9 Å². The summed E-state index contributed by atoms with van der Waals surface area (Å²) in [5, 5.41) is 3.26. The number of methoxy groups -OCH3 is 1. The third-order valence-corrected chi connectivity index (χ3v) is 4.17. The molecule has 3 rings (SSSR count). The number of nitrogens with zero attached hydrogens (tertiary/aromatic N) is 3. The van der Waals surface area contributed by atoms with E-state index < -0.39 is 0 Å². The summed E-state index contributed by atoms with van der Waals surface area (Å²) in [6, 6.07) is 7.35. The van der Waals surface area contributed by atoms with Crippen molar-refractivity contribution < 1.29 is 14.2 Å². The van der Waals surface area contributed by atoms with Gasteiger partial charge in [0.05, 0.1) is 20.3 Å². The van der Waals surface area contributed by atoms with Gasteiger partial charge in [0.25, 0.3) is 0 Å². The minimum atomic E-state index is 0.306. The average molecular weight is 359 g/mol. The Morgan fingerprint density at radius 3 is 2.73 bits per heavy atom. The Bertz CT molecular complexity index is 707. The molecular formula is C18H25N5O3. The lowest BCUT2D eigenvalue weighted by Crippen LogP contribution is -2.37. The largest absolute Gasteiger partial charge is 0.493 e. The van der Waals surface area contributed by atoms with E-state index in [1.807, 2.05) is 18.2 Å². The van der Waals surface area contributed by atoms with E-state index in [1.165, 1.54) is 6.33 Å². The Kier molecular flexibility index (Phi) is 6.45. The van der Waals surface area contributed by atoms with E-state index in [2.05, 4.69) is 20.2 Å². The third-order valence-electron chi connectivity index (χ3n) is 4.17. The number of ether oxygens (including phenoxy) is 3. The minimum absolute atomic E-state index is 0.306. The maximum Gasteiger partial charge on any atom is 0.248 e. The van der Waals surface area contributed by atoms with E-state index in [9.17, 15) is 0 Å². The van der Waals surface area contributed by atoms with Gasteiger partial charge in [-0.3, -0.25) is 4.90 Å². The number of nitrogen functional groups attached to an aromatic ring is 1. The second kappa shape index (κ2) is 9.21. The van der Waals surface area contributed by atoms with Crippen LogP contribution >= 0.6 is 0 Å². The number of morpholine rings is 1. The fraction of sp³-hybridized carbons (Fsp3) is 0.444. The van der Waals surface area contributed by atoms with Crippen LogP contribution in [0, 0.1) is 0 Å². The molecule has 0 saturated carbocycles. The second-order valence-corrected chi connectivity index (χ2v) is 5.93. The highest BCUT2D eigenvalue weighted by atomic mass is 16.5. The molecule has 8 nitrogen and oxygen atoms in total. The van der Waals surface area contributed by atoms with Gasteiger partial charge in [-0.15, -0.1) is 0 Å². The fourth-order valence-electron chi connectivity index (χ4n) is 2.74. The van der Waals surface area contributed by atoms with Crippen LogP contribution in [-0.4, -0.2) is 61.4 Å². The maximum atomic E-state index is 6.17. The Labute approximate surface area is 153 Å². The Morgan fingerprint density at radius 1 is 1.19 bits per heavy atom. The molecule has 0 aliphatic carbocycles. The van der Waals surface area contributed by atoms with Crippen LogP contribution in [0.5, 0.6) is 17.4 Å². The highest BCUT2D eigenvalue weighted by molar-refractivity contribution is 5.67. The normalized spacial score (nSPS) is 14.8. The minimum Gasteiger partial charge on any atom is -0.493 e. The van der Waals surface area contributed by atoms with Gasteiger partial charge in [0.15, 0.2) is 17.3 Å². The molecule has 2 heterocycles. The van der Waals surface area contributed by atoms with Gasteiger partial charge in [0, 0.05) is 19.6 Å². The monoisotopic (exact) mass is 359 g/mol. The van der Waals surface area contributed by atoms with Gasteiger partial charge in [0.1, 0.15) is 12.0 Å². The molecule has 0 amide bonds. The lowest BCUT2D eigenvalue weighted by atomic mass is 10.3. The summed E-state index contributed by atoms with van der Waals surface area (Å²) in [6.45, 7) is 5.41. The molecule has 0 unspecified atom stereocenters. The molecule has 1 aliphatic rings. The summed E-state index contributed by atoms with van der Waals surface area (Å²) >= 11 is 0. The molecule has 0 spiro atoms. The molecule has 1 fully saturated rings. The van der Waals surface area contributed by atoms with E-state index >= 15 is 0 Å². The molecule has 1 saturated heterocycles. The van der Waals surface area contributed by atoms with Crippen molar-refractivity contribution >= 4 is 11.5 Å². The van der Waals surface area contributed by atoms with Crippen LogP contribution in [-0.2, 0) is 4.74 Å². The van der Waals surface area contributed by atoms with Crippen molar-refractivity contribution in [2.75, 3.05) is 57.6 Å². The molecule has 1 aromatic heterocycles. The van der Waals surface area contributed by atoms with Crippen LogP contribution in [0.15, 0.2) is 30.6 Å². The first kappa shape index (κ1) is 18.2. The first-order valence-corrected chi connectivity index (χ1v) is 8.73. The molecule has 1 aromatic carbocycles. The zero-order chi connectivity index (χ0) is 18.2. The highest BCUT2D eigenvalue weighted by Crippen LogP contribution is 2.34. The Morgan fingerprint density at radius 2 is 1.96 bits per heavy atom. The van der Waals surface area contributed by atoms with E-state index in [1.54, 1.807) is 13.2 Å². The third kappa shape index (κ3) is 4.74. The molecule has 2 aromatic rings. The van der Waals surface area contributed by atoms with Gasteiger partial charge in [-0.25, -0.2) is 4.98 Å². The summed E-state index contributed by atoms with van der Waals surface area (Å²) in [4.78, 5) is 10.7. The number of para-hydroxylation sites is 2. The van der Waals surface area contributed by atoms with Crippen molar-refractivity contribution in [3.63, 3.8) is 0 Å². The number of hydrogen-bond donors (Lipinski definition) is 2. The van der Waals surface area contributed by atoms with Crippen molar-refractivity contribution in [3.05, 3.63) is 30.6 Å². The summed E-state index contributed by atoms with van der Waals surface area (Å²) in [7, 11) is 1.59. The first-order valence-electron chi connectivity index (χ1n) is 8.73. The molecule has 0 radical (unpaired) electrons. The quantitative estimate of drug-likeness (QED) is 0.691. The molecule has 140 valence electrons. The molecule has 1 aliphatic heterocycles. The summed E-state index contributed by atoms with van der Waals surface area (Å²) in [5.74, 6) is 2.05. The predicted octanol–water partition coefficient (Wildman–Crippen LogP) is 1.99. The molecule has 26 heavy (non-hydrogen) atoms. The average Bonchev–Trinajstić information content (AvgIpc) is 2.69. The lowest BCUT2D eigenvalue weighted by molar-refractivity contribution is 0.0378. The zero-order valence-corrected chi connectivity index (χ0v) is 15.0. The van der Waals surface area contributed by atoms with Crippen LogP contribution in [0.2, 0.25) is 0 Å². The Hall–Kier alpha value is -2.58. The summed E-state index contributed by atoms with van der Waals surface area (Å²) in [6.07, 6.45) is 2.43. The Balaban J connectivity index is 1.56. The van der Waals surface area contributed by atoms with Crippen LogP contribution < -0.4 is 20.5 Å². The SMILES string of the molecule is COc1ccccc1Oc1ncnc(NCCCN2CCOCC2)c1N. The number of nitrogens with one attached hydrogen (secondary N) is 1. The van der Waals surface area contributed by atoms with Gasteiger partial charge >= 0.3 is 0 Å². The first-order chi connectivity index (χ1) is 12.8. The standard InChI is InChI=1S/C18H25N5O3/c1-24-14-5-2-3-6-15(14)26-18-16(19)17(21-13-22-18)20-7-4-8-23-9-11-25-12-10-23/h2-3,5-6,13H,4,7-12,19H2,1H3,(H,20,21,22). The predicted molar refractivity (Wildman–Crippen MR) is 99.9 cm³/mol. The number of anilines is 2. The van der Waals surface area contributed by atoms with E-state index in [-0.39, 0.29) is 0 Å². The van der Waals surface area contributed by atoms with Crippen LogP contribution in [0.3, 0.4) is 0 Å². The lowest BCUT2D eigenvalue weighted by Gasteiger charge is -2.26. The number of nitrogens with two attached hydrogens (primary N) is 1. The van der Waals surface area contributed by atoms with Crippen molar-refractivity contribution in [1.29, 1.82) is 0 Å². The van der Waals surface area contributed by atoms with Gasteiger partial charge in [-0.2, -0.15) is 4.98 Å². The number of hydrogen-bond acceptors (Lipinski definition) is 8. The number of rotatable bonds is 8. The number of benzene rings is 1. The van der Waals surface area contributed by atoms with Crippen LogP contribution in [0.4, 0.5) is 11.5 Å². The highest BCUT2D eigenvalue weighted by Gasteiger charge is 2.13. The van der Waals surface area contributed by atoms with Crippen molar-refractivity contribution in [1.82, 2.24) is 14.9 Å². The van der Waals surface area contributed by atoms with Crippen LogP contribution in [0.1, 0.15) is 6.42 Å². The zero-order valence-electron chi connectivity index (χ0n) is 15.0. The van der Waals surface area contributed by atoms with Crippen LogP contribution in [0.25, 0.3) is 0 Å². The van der Waals surface area contributed by atoms with Gasteiger partial charge in [0.2, 0.25) is 5.88 Å². The van der Waals surface area contributed by atoms with E-state index in [0.29, 0.717) is 28.9 Å².